The molecule has 2 aliphatic heterocycles. The number of aromatic hydroxyl groups is 1. The van der Waals surface area contributed by atoms with Crippen LogP contribution in [0.3, 0.4) is 0 Å². The summed E-state index contributed by atoms with van der Waals surface area (Å²) in [6, 6.07) is 7.53. The summed E-state index contributed by atoms with van der Waals surface area (Å²) in [6.45, 7) is 2.52. The predicted octanol–water partition coefficient (Wildman–Crippen LogP) is 0.988. The van der Waals surface area contributed by atoms with Gasteiger partial charge in [-0.3, -0.25) is 4.79 Å². The van der Waals surface area contributed by atoms with E-state index in [1.54, 1.807) is 0 Å². The van der Waals surface area contributed by atoms with Crippen LogP contribution in [0.25, 0.3) is 6.08 Å². The molecule has 13 nitrogen and oxygen atoms in total. The van der Waals surface area contributed by atoms with Gasteiger partial charge >= 0.3 is 6.18 Å². The normalized spacial score (nSPS) is 32.5. The molecule has 0 spiro atoms. The van der Waals surface area contributed by atoms with Gasteiger partial charge < -0.3 is 59.6 Å². The number of halogens is 3. The third-order valence-corrected chi connectivity index (χ3v) is 8.37. The van der Waals surface area contributed by atoms with Crippen molar-refractivity contribution in [2.45, 2.75) is 81.2 Å². The molecule has 3 fully saturated rings. The summed E-state index contributed by atoms with van der Waals surface area (Å²) >= 11 is 0. The fourth-order valence-corrected chi connectivity index (χ4v) is 5.71. The molecule has 0 unspecified atom stereocenters. The number of ether oxygens (including phenoxy) is 5. The van der Waals surface area contributed by atoms with Crippen molar-refractivity contribution in [3.05, 3.63) is 70.8 Å². The largest absolute Gasteiger partial charge is 0.504 e. The Labute approximate surface area is 272 Å². The second-order valence-corrected chi connectivity index (χ2v) is 11.7. The molecular weight excluding hydrogens is 647 g/mol. The Morgan fingerprint density at radius 3 is 2.31 bits per heavy atom. The van der Waals surface area contributed by atoms with Crippen LogP contribution in [-0.4, -0.2) is 111 Å². The van der Waals surface area contributed by atoms with Crippen molar-refractivity contribution in [2.24, 2.45) is 0 Å². The Kier molecular flexibility index (Phi) is 10.7. The Morgan fingerprint density at radius 2 is 1.62 bits per heavy atom. The minimum atomic E-state index is -4.61. The second kappa shape index (κ2) is 14.4. The number of rotatable bonds is 9. The number of alkyl halides is 3. The first-order chi connectivity index (χ1) is 22.7. The quantitative estimate of drug-likeness (QED) is 0.147. The van der Waals surface area contributed by atoms with Gasteiger partial charge in [0, 0.05) is 5.57 Å². The number of carbonyl (C=O) groups excluding carboxylic acids is 1. The van der Waals surface area contributed by atoms with Crippen molar-refractivity contribution in [3.63, 3.8) is 0 Å². The summed E-state index contributed by atoms with van der Waals surface area (Å²) in [5, 5.41) is 65.5. The molecule has 0 radical (unpaired) electrons. The molecule has 2 aromatic rings. The van der Waals surface area contributed by atoms with Gasteiger partial charge in [-0.1, -0.05) is 18.2 Å². The van der Waals surface area contributed by atoms with E-state index in [0.717, 1.165) is 6.07 Å². The smallest absolute Gasteiger partial charge is 0.419 e. The summed E-state index contributed by atoms with van der Waals surface area (Å²) in [5.41, 5.74) is -0.120. The van der Waals surface area contributed by atoms with Crippen LogP contribution in [0.2, 0.25) is 0 Å². The number of phenolic OH excluding ortho intramolecular Hbond substituents is 1. The first kappa shape index (κ1) is 35.6. The molecular formula is C32H36F3NO12. The average Bonchev–Trinajstić information content (AvgIpc) is 3.64. The van der Waals surface area contributed by atoms with Gasteiger partial charge in [0.15, 0.2) is 11.5 Å². The molecule has 1 aliphatic carbocycles. The molecule has 3 aliphatic rings. The number of hydrogen-bond donors (Lipinski definition) is 7. The monoisotopic (exact) mass is 683 g/mol. The van der Waals surface area contributed by atoms with Gasteiger partial charge in [-0.2, -0.15) is 13.2 Å². The van der Waals surface area contributed by atoms with Crippen LogP contribution in [-0.2, 0) is 25.2 Å². The predicted molar refractivity (Wildman–Crippen MR) is 158 cm³/mol. The lowest BCUT2D eigenvalue weighted by Crippen LogP contribution is -2.67. The second-order valence-electron chi connectivity index (χ2n) is 11.7. The Bertz CT molecular complexity index is 1530. The van der Waals surface area contributed by atoms with Crippen molar-refractivity contribution in [3.8, 4) is 17.2 Å². The molecule has 1 saturated carbocycles. The van der Waals surface area contributed by atoms with Crippen molar-refractivity contribution >= 4 is 12.0 Å². The molecule has 2 saturated heterocycles. The molecule has 262 valence electrons. The summed E-state index contributed by atoms with van der Waals surface area (Å²) in [4.78, 5) is 12.9. The van der Waals surface area contributed by atoms with E-state index in [1.807, 2.05) is 0 Å². The first-order valence-electron chi connectivity index (χ1n) is 14.9. The molecule has 5 rings (SSSR count). The molecule has 0 aromatic heterocycles. The van der Waals surface area contributed by atoms with Crippen LogP contribution in [0.4, 0.5) is 13.2 Å². The maximum atomic E-state index is 13.2. The summed E-state index contributed by atoms with van der Waals surface area (Å²) in [6.07, 6.45) is -13.5. The molecule has 2 aromatic carbocycles. The van der Waals surface area contributed by atoms with Gasteiger partial charge in [0.2, 0.25) is 12.2 Å². The SMILES string of the molecule is C/C(=C/COc1ccccc1C(F)(F)F)[C@H]1O[C@@H](Oc2ccc(/C=C(\C)C(=O)N[C@@H]3[C@H](O)[C@@H](O)[C@H]4OCO[C@H]4[C@@H]3O)cc2O)[C@@H](O)[C@@H]1O. The van der Waals surface area contributed by atoms with E-state index >= 15 is 0 Å². The van der Waals surface area contributed by atoms with Crippen LogP contribution in [0.5, 0.6) is 17.2 Å². The third kappa shape index (κ3) is 7.45. The summed E-state index contributed by atoms with van der Waals surface area (Å²) in [5.74, 6) is -1.58. The zero-order chi connectivity index (χ0) is 34.9. The van der Waals surface area contributed by atoms with Crippen LogP contribution in [0.15, 0.2) is 59.7 Å². The Morgan fingerprint density at radius 1 is 0.938 bits per heavy atom. The fourth-order valence-electron chi connectivity index (χ4n) is 5.71. The lowest BCUT2D eigenvalue weighted by atomic mass is 9.83. The average molecular weight is 684 g/mol. The maximum Gasteiger partial charge on any atom is 0.419 e. The molecule has 10 atom stereocenters. The van der Waals surface area contributed by atoms with Crippen molar-refractivity contribution in [1.29, 1.82) is 0 Å². The highest BCUT2D eigenvalue weighted by molar-refractivity contribution is 5.97. The van der Waals surface area contributed by atoms with Gasteiger partial charge in [-0.15, -0.1) is 0 Å². The van der Waals surface area contributed by atoms with E-state index < -0.39 is 84.6 Å². The number of fused-ring (bicyclic) bond motifs is 1. The van der Waals surface area contributed by atoms with Gasteiger partial charge in [0.25, 0.3) is 0 Å². The van der Waals surface area contributed by atoms with E-state index in [1.165, 1.54) is 62.4 Å². The highest BCUT2D eigenvalue weighted by atomic mass is 19.4. The number of carbonyl (C=O) groups is 1. The lowest BCUT2D eigenvalue weighted by Gasteiger charge is -2.41. The van der Waals surface area contributed by atoms with Gasteiger partial charge in [-0.05, 0) is 61.4 Å². The summed E-state index contributed by atoms with van der Waals surface area (Å²) < 4.78 is 66.7. The topological polar surface area (TPSA) is 197 Å². The number of nitrogens with one attached hydrogen (secondary N) is 1. The van der Waals surface area contributed by atoms with Gasteiger partial charge in [0.1, 0.15) is 68.0 Å². The molecule has 0 bridgehead atoms. The van der Waals surface area contributed by atoms with Gasteiger partial charge in [0.05, 0.1) is 11.6 Å². The zero-order valence-corrected chi connectivity index (χ0v) is 25.7. The molecule has 48 heavy (non-hydrogen) atoms. The highest BCUT2D eigenvalue weighted by Crippen LogP contribution is 2.37. The van der Waals surface area contributed by atoms with Crippen LogP contribution >= 0.6 is 0 Å². The van der Waals surface area contributed by atoms with Crippen LogP contribution in [0, 0.1) is 0 Å². The number of para-hydroxylation sites is 1. The molecule has 2 heterocycles. The Balaban J connectivity index is 1.18. The highest BCUT2D eigenvalue weighted by Gasteiger charge is 2.53. The zero-order valence-electron chi connectivity index (χ0n) is 25.7. The van der Waals surface area contributed by atoms with Crippen molar-refractivity contribution in [1.82, 2.24) is 5.32 Å². The van der Waals surface area contributed by atoms with Gasteiger partial charge in [-0.25, -0.2) is 0 Å². The van der Waals surface area contributed by atoms with E-state index in [2.05, 4.69) is 5.32 Å². The molecule has 7 N–H and O–H groups in total. The van der Waals surface area contributed by atoms with E-state index in [4.69, 9.17) is 23.7 Å². The maximum absolute atomic E-state index is 13.2. The van der Waals surface area contributed by atoms with Crippen molar-refractivity contribution in [2.75, 3.05) is 13.4 Å². The third-order valence-electron chi connectivity index (χ3n) is 8.37. The minimum Gasteiger partial charge on any atom is -0.504 e. The number of aliphatic hydroxyl groups excluding tert-OH is 5. The van der Waals surface area contributed by atoms with E-state index in [9.17, 15) is 48.6 Å². The lowest BCUT2D eigenvalue weighted by molar-refractivity contribution is -0.155. The van der Waals surface area contributed by atoms with E-state index in [0.29, 0.717) is 11.1 Å². The minimum absolute atomic E-state index is 0.122. The Hall–Kier alpha value is -3.74. The standard InChI is InChI=1S/C32H36F3NO12/c1-14(9-10-44-19-6-4-3-5-17(19)32(33,34)35)27-25(41)26(42)31(48-27)47-20-8-7-16(12-18(20)37)11-15(2)30(43)36-21-22(38)24(40)29-28(23(21)39)45-13-46-29/h3-9,11-12,21-29,31,37-42H,10,13H2,1-2H3,(H,36,43)/b14-9-,15-11+/t21-,22+,23-,24-,25+,26+,27-,28+,29-,31-/m1/s1. The molecule has 16 heteroatoms. The molecule has 1 amide bonds. The van der Waals surface area contributed by atoms with Crippen molar-refractivity contribution < 1.29 is 72.3 Å². The van der Waals surface area contributed by atoms with Crippen LogP contribution in [0.1, 0.15) is 25.0 Å². The number of amides is 1. The van der Waals surface area contributed by atoms with Crippen LogP contribution < -0.4 is 14.8 Å². The number of benzene rings is 2. The fraction of sp³-hybridized carbons (Fsp3) is 0.469. The van der Waals surface area contributed by atoms with E-state index in [-0.39, 0.29) is 30.5 Å². The number of phenols is 1. The first-order valence-corrected chi connectivity index (χ1v) is 14.9. The number of aliphatic hydroxyl groups is 5. The summed E-state index contributed by atoms with van der Waals surface area (Å²) in [7, 11) is 0. The number of hydrogen-bond acceptors (Lipinski definition) is 12.